The number of rotatable bonds is 10. The number of nitrogens with zero attached hydrogens (tertiary/aromatic N) is 3. The molecule has 2 heterocycles. The first-order valence-electron chi connectivity index (χ1n) is 12.3. The summed E-state index contributed by atoms with van der Waals surface area (Å²) >= 11 is 0. The first-order valence-corrected chi connectivity index (χ1v) is 12.7. The number of nitrogens with one attached hydrogen (secondary N) is 3. The van der Waals surface area contributed by atoms with Gasteiger partial charge in [-0.05, 0) is 31.6 Å². The third kappa shape index (κ3) is 5.51. The highest BCUT2D eigenvalue weighted by molar-refractivity contribution is 7.90. The molecule has 2 amide bonds. The van der Waals surface area contributed by atoms with Crippen molar-refractivity contribution in [3.63, 3.8) is 0 Å². The summed E-state index contributed by atoms with van der Waals surface area (Å²) in [5.41, 5.74) is -0.468. The second kappa shape index (κ2) is 9.38. The molecule has 2 fully saturated rings. The van der Waals surface area contributed by atoms with Crippen molar-refractivity contribution in [3.8, 4) is 5.75 Å². The predicted octanol–water partition coefficient (Wildman–Crippen LogP) is 1.53. The number of carbonyl (C=O) groups excluding carboxylic acids is 2. The summed E-state index contributed by atoms with van der Waals surface area (Å²) in [6.07, 6.45) is 4.80. The van der Waals surface area contributed by atoms with Crippen LogP contribution in [-0.4, -0.2) is 68.5 Å². The van der Waals surface area contributed by atoms with Crippen LogP contribution in [0.1, 0.15) is 40.8 Å². The van der Waals surface area contributed by atoms with Crippen molar-refractivity contribution in [1.82, 2.24) is 20.5 Å². The summed E-state index contributed by atoms with van der Waals surface area (Å²) in [4.78, 5) is 29.1. The van der Waals surface area contributed by atoms with E-state index in [1.165, 1.54) is 25.4 Å². The molecule has 188 valence electrons. The first kappa shape index (κ1) is 21.0. The molecule has 35 heavy (non-hydrogen) atoms. The second-order valence-electron chi connectivity index (χ2n) is 8.83. The summed E-state index contributed by atoms with van der Waals surface area (Å²) in [5.74, 6) is -1.45. The zero-order chi connectivity index (χ0) is 27.9. The van der Waals surface area contributed by atoms with Gasteiger partial charge in [0.15, 0.2) is 21.3 Å². The molecule has 13 heteroatoms. The average Bonchev–Trinajstić information content (AvgIpc) is 3.75. The van der Waals surface area contributed by atoms with Crippen molar-refractivity contribution in [2.75, 3.05) is 37.6 Å². The van der Waals surface area contributed by atoms with Gasteiger partial charge < -0.3 is 25.4 Å². The molecule has 0 aliphatic heterocycles. The van der Waals surface area contributed by atoms with E-state index in [-0.39, 0.29) is 57.9 Å². The Balaban J connectivity index is 1.65. The smallest absolute Gasteiger partial charge is 0.273 e. The Kier molecular flexibility index (Phi) is 5.63. The van der Waals surface area contributed by atoms with E-state index < -0.39 is 28.4 Å². The third-order valence-corrected chi connectivity index (χ3v) is 7.25. The Morgan fingerprint density at radius 2 is 2.09 bits per heavy atom. The molecule has 0 saturated heterocycles. The Morgan fingerprint density at radius 1 is 1.31 bits per heavy atom. The van der Waals surface area contributed by atoms with Gasteiger partial charge in [-0.3, -0.25) is 9.59 Å². The molecular formula is C22H28N6O6S. The van der Waals surface area contributed by atoms with Crippen LogP contribution in [0.2, 0.25) is 0 Å². The third-order valence-electron chi connectivity index (χ3n) is 6.14. The Bertz CT molecular complexity index is 1370. The van der Waals surface area contributed by atoms with E-state index in [9.17, 15) is 18.0 Å². The van der Waals surface area contributed by atoms with E-state index in [0.717, 1.165) is 25.5 Å². The monoisotopic (exact) mass is 507 g/mol. The van der Waals surface area contributed by atoms with E-state index in [4.69, 9.17) is 13.6 Å². The topological polar surface area (TPSA) is 162 Å². The SMILES string of the molecule is [2H]C([2H])([2H])NC(=O)c1nnc(NC(=O)[C@H]2CC23CC3)cc1Nc1ncc(OC[C@H](C)OC)cc1S(C)(=O)=O. The van der Waals surface area contributed by atoms with Gasteiger partial charge in [-0.25, -0.2) is 13.4 Å². The van der Waals surface area contributed by atoms with Gasteiger partial charge in [0, 0.05) is 42.5 Å². The molecule has 4 rings (SSSR count). The lowest BCUT2D eigenvalue weighted by Gasteiger charge is -2.15. The Morgan fingerprint density at radius 3 is 2.71 bits per heavy atom. The molecule has 2 aliphatic rings. The van der Waals surface area contributed by atoms with Crippen molar-refractivity contribution in [2.45, 2.75) is 37.2 Å². The van der Waals surface area contributed by atoms with Crippen molar-refractivity contribution in [1.29, 1.82) is 0 Å². The number of amides is 2. The number of carbonyl (C=O) groups is 2. The highest BCUT2D eigenvalue weighted by Gasteiger charge is 2.65. The summed E-state index contributed by atoms with van der Waals surface area (Å²) in [7, 11) is -2.34. The zero-order valence-corrected chi connectivity index (χ0v) is 20.2. The molecule has 2 aromatic heterocycles. The maximum absolute atomic E-state index is 12.7. The van der Waals surface area contributed by atoms with E-state index in [1.54, 1.807) is 6.92 Å². The first-order chi connectivity index (χ1) is 17.7. The highest BCUT2D eigenvalue weighted by atomic mass is 32.2. The number of hydrogen-bond acceptors (Lipinski definition) is 10. The van der Waals surface area contributed by atoms with Gasteiger partial charge >= 0.3 is 0 Å². The average molecular weight is 508 g/mol. The lowest BCUT2D eigenvalue weighted by molar-refractivity contribution is -0.117. The largest absolute Gasteiger partial charge is 0.489 e. The quantitative estimate of drug-likeness (QED) is 0.430. The van der Waals surface area contributed by atoms with Gasteiger partial charge in [-0.15, -0.1) is 10.2 Å². The highest BCUT2D eigenvalue weighted by Crippen LogP contribution is 2.70. The summed E-state index contributed by atoms with van der Waals surface area (Å²) in [5, 5.41) is 14.9. The fraction of sp³-hybridized carbons (Fsp3) is 0.500. The number of aromatic nitrogens is 3. The Hall–Kier alpha value is -3.32. The number of hydrogen-bond donors (Lipinski definition) is 3. The van der Waals surface area contributed by atoms with Crippen molar-refractivity contribution in [3.05, 3.63) is 24.0 Å². The lowest BCUT2D eigenvalue weighted by atomic mass is 10.2. The standard InChI is InChI=1S/C22H28N6O6S/c1-12(33-3)11-34-13-7-16(35(4,31)32)19(24-10-13)25-15-8-17(27-28-18(15)21(30)23-2)26-20(29)14-9-22(14)5-6-22/h7-8,10,12,14H,5-6,9,11H2,1-4H3,(H,23,30)(H2,24,25,26,27,29)/t12-,14+/m0/s1/i2D3. The summed E-state index contributed by atoms with van der Waals surface area (Å²) < 4.78 is 57.7. The van der Waals surface area contributed by atoms with Gasteiger partial charge in [0.05, 0.1) is 18.0 Å². The molecule has 2 saturated carbocycles. The number of anilines is 3. The van der Waals surface area contributed by atoms with Gasteiger partial charge in [0.25, 0.3) is 5.91 Å². The number of sulfone groups is 1. The normalized spacial score (nSPS) is 20.1. The minimum absolute atomic E-state index is 0.0000426. The van der Waals surface area contributed by atoms with Crippen molar-refractivity contribution < 1.29 is 31.6 Å². The van der Waals surface area contributed by atoms with Crippen LogP contribution >= 0.6 is 0 Å². The van der Waals surface area contributed by atoms with E-state index in [2.05, 4.69) is 25.8 Å². The summed E-state index contributed by atoms with van der Waals surface area (Å²) in [6.45, 7) is -0.900. The van der Waals surface area contributed by atoms with Crippen molar-refractivity contribution in [2.24, 2.45) is 11.3 Å². The minimum Gasteiger partial charge on any atom is -0.489 e. The number of methoxy groups -OCH3 is 1. The van der Waals surface area contributed by atoms with Crippen molar-refractivity contribution >= 4 is 39.0 Å². The van der Waals surface area contributed by atoms with E-state index in [0.29, 0.717) is 0 Å². The van der Waals surface area contributed by atoms with Gasteiger partial charge in [-0.1, -0.05) is 0 Å². The Labute approximate surface area is 207 Å². The van der Waals surface area contributed by atoms with Crippen LogP contribution in [0, 0.1) is 11.3 Å². The lowest BCUT2D eigenvalue weighted by Crippen LogP contribution is -2.23. The maximum atomic E-state index is 12.7. The van der Waals surface area contributed by atoms with Gasteiger partial charge in [-0.2, -0.15) is 0 Å². The van der Waals surface area contributed by atoms with E-state index >= 15 is 0 Å². The fourth-order valence-corrected chi connectivity index (χ4v) is 4.50. The van der Waals surface area contributed by atoms with Crippen LogP contribution in [-0.2, 0) is 19.4 Å². The fourth-order valence-electron chi connectivity index (χ4n) is 3.71. The molecule has 12 nitrogen and oxygen atoms in total. The van der Waals surface area contributed by atoms with Gasteiger partial charge in [0.1, 0.15) is 23.1 Å². The predicted molar refractivity (Wildman–Crippen MR) is 126 cm³/mol. The molecule has 0 aromatic carbocycles. The van der Waals surface area contributed by atoms with Crippen LogP contribution in [0.3, 0.4) is 0 Å². The second-order valence-corrected chi connectivity index (χ2v) is 10.8. The van der Waals surface area contributed by atoms with Crippen LogP contribution in [0.5, 0.6) is 5.75 Å². The van der Waals surface area contributed by atoms with Crippen LogP contribution < -0.4 is 20.7 Å². The molecule has 2 aliphatic carbocycles. The molecular weight excluding hydrogens is 476 g/mol. The molecule has 0 radical (unpaired) electrons. The number of ether oxygens (including phenoxy) is 2. The molecule has 1 spiro atoms. The zero-order valence-electron chi connectivity index (χ0n) is 22.4. The van der Waals surface area contributed by atoms with Crippen LogP contribution in [0.15, 0.2) is 23.2 Å². The number of pyridine rings is 1. The van der Waals surface area contributed by atoms with Crippen LogP contribution in [0.4, 0.5) is 17.3 Å². The molecule has 0 unspecified atom stereocenters. The summed E-state index contributed by atoms with van der Waals surface area (Å²) in [6, 6.07) is 2.52. The molecule has 2 aromatic rings. The van der Waals surface area contributed by atoms with Crippen LogP contribution in [0.25, 0.3) is 0 Å². The molecule has 3 N–H and O–H groups in total. The molecule has 0 bridgehead atoms. The van der Waals surface area contributed by atoms with E-state index in [1.807, 2.05) is 5.32 Å². The minimum atomic E-state index is -3.85. The maximum Gasteiger partial charge on any atom is 0.273 e. The van der Waals surface area contributed by atoms with Gasteiger partial charge in [0.2, 0.25) is 5.91 Å². The molecule has 2 atom stereocenters.